The second-order valence-corrected chi connectivity index (χ2v) is 10.9. The standard InChI is InChI=1S/C25H20BrF.C8H9N/c26-19-8-5-16(6-9-19)13-18-14-24-21-4-2-1-3-17(21)7-11-23(24)25-15-20(27)10-12-22(18)25;1-3-8-4-2-7(1)5-6-9-8/h1,3,5-12,15,18H,2,4,13-14H2;1,3,5-6,9H,2,4H2. The molecule has 0 amide bonds. The lowest BCUT2D eigenvalue weighted by atomic mass is 9.73. The summed E-state index contributed by atoms with van der Waals surface area (Å²) in [7, 11) is 0. The molecule has 0 spiro atoms. The van der Waals surface area contributed by atoms with Gasteiger partial charge in [-0.2, -0.15) is 0 Å². The zero-order valence-corrected chi connectivity index (χ0v) is 21.8. The Morgan fingerprint density at radius 2 is 1.75 bits per heavy atom. The van der Waals surface area contributed by atoms with Gasteiger partial charge in [-0.3, -0.25) is 0 Å². The van der Waals surface area contributed by atoms with Crippen LogP contribution in [0.1, 0.15) is 53.0 Å². The topological polar surface area (TPSA) is 12.0 Å². The molecule has 3 aromatic rings. The third kappa shape index (κ3) is 4.77. The monoisotopic (exact) mass is 537 g/mol. The Labute approximate surface area is 221 Å². The van der Waals surface area contributed by atoms with Gasteiger partial charge in [-0.05, 0) is 125 Å². The highest BCUT2D eigenvalue weighted by molar-refractivity contribution is 9.10. The van der Waals surface area contributed by atoms with E-state index in [1.54, 1.807) is 12.1 Å². The Morgan fingerprint density at radius 3 is 2.58 bits per heavy atom. The van der Waals surface area contributed by atoms with Crippen LogP contribution in [-0.2, 0) is 19.3 Å². The van der Waals surface area contributed by atoms with E-state index >= 15 is 0 Å². The highest BCUT2D eigenvalue weighted by Crippen LogP contribution is 2.44. The first-order valence-electron chi connectivity index (χ1n) is 12.8. The molecule has 3 aliphatic carbocycles. The molecule has 2 aliphatic heterocycles. The Morgan fingerprint density at radius 1 is 0.861 bits per heavy atom. The number of allylic oxidation sites excluding steroid dienone is 6. The smallest absolute Gasteiger partial charge is 0.123 e. The Kier molecular flexibility index (Phi) is 6.50. The van der Waals surface area contributed by atoms with Crippen LogP contribution in [0.5, 0.6) is 0 Å². The number of nitrogens with one attached hydrogen (secondary N) is 1. The fourth-order valence-corrected chi connectivity index (χ4v) is 6.08. The fraction of sp³-hybridized carbons (Fsp3) is 0.212. The molecule has 0 fully saturated rings. The highest BCUT2D eigenvalue weighted by atomic mass is 79.9. The minimum atomic E-state index is -0.151. The summed E-state index contributed by atoms with van der Waals surface area (Å²) in [4.78, 5) is 0. The van der Waals surface area contributed by atoms with Crippen LogP contribution >= 0.6 is 15.9 Å². The second-order valence-electron chi connectivity index (χ2n) is 9.97. The zero-order chi connectivity index (χ0) is 24.5. The average Bonchev–Trinajstić information content (AvgIpc) is 3.28. The van der Waals surface area contributed by atoms with E-state index in [4.69, 9.17) is 0 Å². The molecule has 2 bridgehead atoms. The predicted octanol–water partition coefficient (Wildman–Crippen LogP) is 8.80. The summed E-state index contributed by atoms with van der Waals surface area (Å²) in [6.07, 6.45) is 19.5. The van der Waals surface area contributed by atoms with Crippen molar-refractivity contribution in [3.8, 4) is 11.1 Å². The Bertz CT molecular complexity index is 1420. The molecule has 3 aromatic carbocycles. The third-order valence-corrected chi connectivity index (χ3v) is 8.19. The van der Waals surface area contributed by atoms with Gasteiger partial charge in [0.05, 0.1) is 0 Å². The van der Waals surface area contributed by atoms with Crippen molar-refractivity contribution in [2.24, 2.45) is 0 Å². The molecule has 1 nitrogen and oxygen atoms in total. The summed E-state index contributed by atoms with van der Waals surface area (Å²) in [5.41, 5.74) is 11.9. The summed E-state index contributed by atoms with van der Waals surface area (Å²) in [5.74, 6) is 0.230. The summed E-state index contributed by atoms with van der Waals surface area (Å²) >= 11 is 3.52. The molecule has 1 unspecified atom stereocenters. The maximum atomic E-state index is 14.1. The van der Waals surface area contributed by atoms with Crippen LogP contribution in [0.25, 0.3) is 17.2 Å². The summed E-state index contributed by atoms with van der Waals surface area (Å²) in [5, 5.41) is 3.20. The number of rotatable bonds is 2. The first-order chi connectivity index (χ1) is 17.6. The highest BCUT2D eigenvalue weighted by Gasteiger charge is 2.28. The van der Waals surface area contributed by atoms with Crippen LogP contribution in [0.4, 0.5) is 4.39 Å². The first-order valence-corrected chi connectivity index (χ1v) is 13.6. The van der Waals surface area contributed by atoms with Gasteiger partial charge in [0.25, 0.3) is 0 Å². The normalized spacial score (nSPS) is 18.4. The molecule has 0 saturated heterocycles. The van der Waals surface area contributed by atoms with Gasteiger partial charge in [0.1, 0.15) is 5.82 Å². The van der Waals surface area contributed by atoms with Crippen molar-refractivity contribution in [3.63, 3.8) is 0 Å². The maximum absolute atomic E-state index is 14.1. The van der Waals surface area contributed by atoms with Crippen molar-refractivity contribution in [2.75, 3.05) is 0 Å². The predicted molar refractivity (Wildman–Crippen MR) is 151 cm³/mol. The quantitative estimate of drug-likeness (QED) is 0.344. The van der Waals surface area contributed by atoms with Gasteiger partial charge in [-0.1, -0.05) is 64.5 Å². The van der Waals surface area contributed by atoms with Crippen LogP contribution in [0.2, 0.25) is 0 Å². The number of hydrogen-bond acceptors (Lipinski definition) is 1. The average molecular weight is 539 g/mol. The Hall–Kier alpha value is -3.17. The van der Waals surface area contributed by atoms with Crippen molar-refractivity contribution >= 4 is 22.0 Å². The maximum Gasteiger partial charge on any atom is 0.123 e. The molecule has 0 radical (unpaired) electrons. The molecule has 3 heteroatoms. The van der Waals surface area contributed by atoms with Crippen LogP contribution in [0, 0.1) is 5.82 Å². The second kappa shape index (κ2) is 10.1. The molecule has 0 saturated carbocycles. The molecule has 1 N–H and O–H groups in total. The molecule has 5 aliphatic rings. The zero-order valence-electron chi connectivity index (χ0n) is 20.2. The molecule has 180 valence electrons. The molecule has 8 rings (SSSR count). The molecular weight excluding hydrogens is 509 g/mol. The van der Waals surface area contributed by atoms with E-state index in [2.05, 4.69) is 88.0 Å². The van der Waals surface area contributed by atoms with Crippen LogP contribution in [0.3, 0.4) is 0 Å². The summed E-state index contributed by atoms with van der Waals surface area (Å²) in [6.45, 7) is 0. The Balaban J connectivity index is 0.000000223. The summed E-state index contributed by atoms with van der Waals surface area (Å²) < 4.78 is 15.2. The van der Waals surface area contributed by atoms with E-state index in [1.165, 1.54) is 57.5 Å². The largest absolute Gasteiger partial charge is 0.365 e. The number of fused-ring (bicyclic) bond motifs is 8. The van der Waals surface area contributed by atoms with E-state index in [1.807, 2.05) is 12.3 Å². The van der Waals surface area contributed by atoms with Crippen molar-refractivity contribution < 1.29 is 4.39 Å². The van der Waals surface area contributed by atoms with Crippen LogP contribution < -0.4 is 5.32 Å². The van der Waals surface area contributed by atoms with Gasteiger partial charge in [0.15, 0.2) is 0 Å². The van der Waals surface area contributed by atoms with Gasteiger partial charge < -0.3 is 5.32 Å². The minimum absolute atomic E-state index is 0.151. The lowest BCUT2D eigenvalue weighted by Gasteiger charge is -2.31. The lowest BCUT2D eigenvalue weighted by molar-refractivity contribution is 0.620. The van der Waals surface area contributed by atoms with Crippen molar-refractivity contribution in [1.82, 2.24) is 5.32 Å². The van der Waals surface area contributed by atoms with E-state index in [0.29, 0.717) is 5.92 Å². The van der Waals surface area contributed by atoms with E-state index in [9.17, 15) is 4.39 Å². The lowest BCUT2D eigenvalue weighted by Crippen LogP contribution is -2.17. The van der Waals surface area contributed by atoms with Crippen LogP contribution in [0.15, 0.2) is 101 Å². The van der Waals surface area contributed by atoms with Gasteiger partial charge in [0.2, 0.25) is 0 Å². The van der Waals surface area contributed by atoms with E-state index in [-0.39, 0.29) is 5.82 Å². The van der Waals surface area contributed by atoms with Crippen molar-refractivity contribution in [2.45, 2.75) is 44.4 Å². The van der Waals surface area contributed by atoms with E-state index < -0.39 is 0 Å². The molecule has 1 atom stereocenters. The van der Waals surface area contributed by atoms with Crippen LogP contribution in [-0.4, -0.2) is 0 Å². The molecule has 36 heavy (non-hydrogen) atoms. The molecular formula is C33H29BrFN. The van der Waals surface area contributed by atoms with Crippen molar-refractivity contribution in [3.05, 3.63) is 134 Å². The van der Waals surface area contributed by atoms with Crippen molar-refractivity contribution in [1.29, 1.82) is 0 Å². The number of halogens is 2. The number of hydrogen-bond donors (Lipinski definition) is 1. The van der Waals surface area contributed by atoms with Gasteiger partial charge in [0, 0.05) is 16.4 Å². The third-order valence-electron chi connectivity index (χ3n) is 7.66. The summed E-state index contributed by atoms with van der Waals surface area (Å²) in [6, 6.07) is 18.3. The fourth-order valence-electron chi connectivity index (χ4n) is 5.82. The molecule has 0 aromatic heterocycles. The number of benzene rings is 3. The van der Waals surface area contributed by atoms with Gasteiger partial charge in [-0.15, -0.1) is 0 Å². The first kappa shape index (κ1) is 23.2. The van der Waals surface area contributed by atoms with Gasteiger partial charge >= 0.3 is 0 Å². The SMILES string of the molecule is C1=CC2=CC=C(CC2)N1.Fc1ccc2c(c1)-c1ccc3c(c1CC2Cc1ccc(Br)cc1)CCC=C3. The molecule has 2 heterocycles. The minimum Gasteiger partial charge on any atom is -0.365 e. The van der Waals surface area contributed by atoms with Gasteiger partial charge in [-0.25, -0.2) is 4.39 Å². The van der Waals surface area contributed by atoms with E-state index in [0.717, 1.165) is 35.7 Å².